The number of benzene rings is 1. The van der Waals surface area contributed by atoms with E-state index in [9.17, 15) is 29.1 Å². The van der Waals surface area contributed by atoms with Crippen LogP contribution in [0.1, 0.15) is 91.8 Å². The average molecular weight is 737 g/mol. The zero-order valence-corrected chi connectivity index (χ0v) is 31.4. The molecule has 0 saturated carbocycles. The second kappa shape index (κ2) is 24.7. The Morgan fingerprint density at radius 3 is 2.00 bits per heavy atom. The quantitative estimate of drug-likeness (QED) is 0.0856. The highest BCUT2D eigenvalue weighted by molar-refractivity contribution is 5.90. The largest absolute Gasteiger partial charge is 0.481 e. The molecule has 2 unspecified atom stereocenters. The van der Waals surface area contributed by atoms with E-state index in [2.05, 4.69) is 29.1 Å². The second-order valence-electron chi connectivity index (χ2n) is 14.0. The van der Waals surface area contributed by atoms with Crippen LogP contribution < -0.4 is 22.5 Å². The first-order chi connectivity index (χ1) is 24.1. The number of amides is 1. The number of nitrogens with one attached hydrogen (secondary N) is 2. The molecular weight excluding hydrogens is 676 g/mol. The Balaban J connectivity index is 0.000000779. The van der Waals surface area contributed by atoms with Gasteiger partial charge in [0, 0.05) is 30.8 Å². The van der Waals surface area contributed by atoms with E-state index in [1.165, 1.54) is 6.33 Å². The van der Waals surface area contributed by atoms with Crippen LogP contribution in [0, 0.1) is 11.8 Å². The zero-order chi connectivity index (χ0) is 40.0. The lowest BCUT2D eigenvalue weighted by atomic mass is 9.98. The number of aliphatic hydroxyl groups is 1. The van der Waals surface area contributed by atoms with Crippen molar-refractivity contribution in [1.29, 1.82) is 0 Å². The van der Waals surface area contributed by atoms with Gasteiger partial charge in [-0.15, -0.1) is 0 Å². The number of aliphatic carboxylic acids is 2. The lowest BCUT2D eigenvalue weighted by molar-refractivity contribution is -0.161. The monoisotopic (exact) mass is 736 g/mol. The van der Waals surface area contributed by atoms with Crippen molar-refractivity contribution in [2.75, 3.05) is 0 Å². The van der Waals surface area contributed by atoms with Crippen molar-refractivity contribution >= 4 is 30.0 Å². The lowest BCUT2D eigenvalue weighted by Gasteiger charge is -2.22. The smallest absolute Gasteiger partial charge is 0.408 e. The molecule has 0 fully saturated rings. The molecule has 1 aromatic heterocycles. The van der Waals surface area contributed by atoms with Gasteiger partial charge in [0.25, 0.3) is 0 Å². The van der Waals surface area contributed by atoms with Gasteiger partial charge in [0.1, 0.15) is 23.7 Å². The molecule has 1 heterocycles. The Kier molecular flexibility index (Phi) is 22.7. The third-order valence-corrected chi connectivity index (χ3v) is 7.36. The van der Waals surface area contributed by atoms with Gasteiger partial charge in [0.05, 0.1) is 18.9 Å². The number of imidazole rings is 1. The molecule has 11 N–H and O–H groups in total. The van der Waals surface area contributed by atoms with E-state index in [1.54, 1.807) is 27.0 Å². The van der Waals surface area contributed by atoms with E-state index in [-0.39, 0.29) is 19.3 Å². The number of nitrogens with zero attached hydrogens (tertiary/aromatic N) is 1. The summed E-state index contributed by atoms with van der Waals surface area (Å²) in [5.41, 5.74) is 17.8. The molecule has 0 aliphatic rings. The highest BCUT2D eigenvalue weighted by atomic mass is 16.6. The number of esters is 2. The Labute approximate surface area is 306 Å². The number of carboxylic acids is 2. The van der Waals surface area contributed by atoms with Crippen LogP contribution in [0.4, 0.5) is 4.79 Å². The average Bonchev–Trinajstić information content (AvgIpc) is 3.55. The van der Waals surface area contributed by atoms with Gasteiger partial charge in [-0.05, 0) is 57.4 Å². The summed E-state index contributed by atoms with van der Waals surface area (Å²) in [6.45, 7) is 13.3. The minimum Gasteiger partial charge on any atom is -0.481 e. The maximum Gasteiger partial charge on any atom is 0.408 e. The Morgan fingerprint density at radius 2 is 1.52 bits per heavy atom. The fourth-order valence-electron chi connectivity index (χ4n) is 4.28. The highest BCUT2D eigenvalue weighted by Gasteiger charge is 2.25. The van der Waals surface area contributed by atoms with Gasteiger partial charge in [-0.1, -0.05) is 64.4 Å². The number of rotatable bonds is 17. The van der Waals surface area contributed by atoms with Crippen molar-refractivity contribution in [3.63, 3.8) is 0 Å². The standard InChI is InChI=1S/C14H24N4O3.C14H19NO4.C8H17NO3/c1-3-9(2)4-5-11(15)13(19)21-14(20)12(16)6-10-7-17-8-18-10;1-14(2,3)19-13(18)15-11(12(16)17)9-10-7-5-4-6-8-10;1-5(2)3-6(9)7(10)4-8(11)12/h7-9,11-12H,3-6,15-16H2,1-2H3,(H,17,18);4-8,11H,9H2,1-3H3,(H,15,18)(H,16,17);5-7,10H,3-4,9H2,1-2H3,(H,11,12)/t9?,11?,12-;11-;6-,7-/m000/s1. The van der Waals surface area contributed by atoms with Crippen molar-refractivity contribution < 1.29 is 48.8 Å². The summed E-state index contributed by atoms with van der Waals surface area (Å²) in [4.78, 5) is 63.0. The van der Waals surface area contributed by atoms with Gasteiger partial charge < -0.3 is 52.3 Å². The van der Waals surface area contributed by atoms with Crippen molar-refractivity contribution in [2.24, 2.45) is 29.0 Å². The van der Waals surface area contributed by atoms with Gasteiger partial charge in [-0.2, -0.15) is 0 Å². The highest BCUT2D eigenvalue weighted by Crippen LogP contribution is 2.12. The SMILES string of the molecule is CC(C)(C)OC(=O)N[C@@H](Cc1ccccc1)C(=O)O.CC(C)C[C@H](N)[C@@H](O)CC(=O)O.CCC(C)CCC(N)C(=O)OC(=O)[C@@H](N)Cc1cnc[nH]1. The molecule has 16 nitrogen and oxygen atoms in total. The Hall–Kier alpha value is -4.38. The number of carbonyl (C=O) groups excluding carboxylic acids is 3. The van der Waals surface area contributed by atoms with E-state index < -0.39 is 65.8 Å². The fraction of sp³-hybridized carbons (Fsp3) is 0.611. The number of aromatic nitrogens is 2. The fourth-order valence-corrected chi connectivity index (χ4v) is 4.28. The third kappa shape index (κ3) is 23.2. The number of aliphatic hydroxyl groups excluding tert-OH is 1. The van der Waals surface area contributed by atoms with E-state index in [1.807, 2.05) is 44.2 Å². The minimum absolute atomic E-state index is 0.218. The summed E-state index contributed by atoms with van der Waals surface area (Å²) in [5, 5.41) is 29.1. The summed E-state index contributed by atoms with van der Waals surface area (Å²) in [6, 6.07) is 5.97. The number of alkyl carbamates (subject to hydrolysis) is 1. The molecule has 1 aromatic carbocycles. The van der Waals surface area contributed by atoms with Gasteiger partial charge >= 0.3 is 30.0 Å². The van der Waals surface area contributed by atoms with Crippen LogP contribution in [0.25, 0.3) is 0 Å². The lowest BCUT2D eigenvalue weighted by Crippen LogP contribution is -2.44. The number of nitrogens with two attached hydrogens (primary N) is 3. The van der Waals surface area contributed by atoms with Crippen LogP contribution in [0.2, 0.25) is 0 Å². The molecule has 0 bridgehead atoms. The summed E-state index contributed by atoms with van der Waals surface area (Å²) in [5.74, 6) is -2.72. The number of H-pyrrole nitrogens is 1. The molecule has 52 heavy (non-hydrogen) atoms. The van der Waals surface area contributed by atoms with E-state index in [0.717, 1.165) is 18.4 Å². The maximum atomic E-state index is 11.7. The zero-order valence-electron chi connectivity index (χ0n) is 31.4. The number of ether oxygens (including phenoxy) is 2. The van der Waals surface area contributed by atoms with Crippen molar-refractivity contribution in [3.8, 4) is 0 Å². The molecule has 2 aromatic rings. The van der Waals surface area contributed by atoms with E-state index >= 15 is 0 Å². The molecule has 0 spiro atoms. The summed E-state index contributed by atoms with van der Waals surface area (Å²) in [7, 11) is 0. The van der Waals surface area contributed by atoms with Gasteiger partial charge in [-0.25, -0.2) is 24.2 Å². The van der Waals surface area contributed by atoms with Crippen molar-refractivity contribution in [1.82, 2.24) is 15.3 Å². The van der Waals surface area contributed by atoms with Crippen LogP contribution in [0.3, 0.4) is 0 Å². The molecule has 6 atom stereocenters. The number of aromatic amines is 1. The van der Waals surface area contributed by atoms with Gasteiger partial charge in [0.15, 0.2) is 0 Å². The molecule has 294 valence electrons. The van der Waals surface area contributed by atoms with Crippen LogP contribution in [-0.4, -0.2) is 91.1 Å². The van der Waals surface area contributed by atoms with Gasteiger partial charge in [-0.3, -0.25) is 4.79 Å². The van der Waals surface area contributed by atoms with E-state index in [4.69, 9.17) is 36.9 Å². The minimum atomic E-state index is -1.09. The predicted molar refractivity (Wildman–Crippen MR) is 195 cm³/mol. The molecule has 1 amide bonds. The number of carbonyl (C=O) groups is 5. The Morgan fingerprint density at radius 1 is 0.923 bits per heavy atom. The third-order valence-electron chi connectivity index (χ3n) is 7.36. The van der Waals surface area contributed by atoms with Crippen LogP contribution >= 0.6 is 0 Å². The van der Waals surface area contributed by atoms with Crippen LogP contribution in [0.15, 0.2) is 42.9 Å². The summed E-state index contributed by atoms with van der Waals surface area (Å²) < 4.78 is 9.77. The van der Waals surface area contributed by atoms with Crippen LogP contribution in [-0.2, 0) is 41.5 Å². The summed E-state index contributed by atoms with van der Waals surface area (Å²) in [6.07, 6.45) is 4.57. The molecule has 0 aliphatic carbocycles. The van der Waals surface area contributed by atoms with Crippen molar-refractivity contribution in [3.05, 3.63) is 54.1 Å². The number of hydrogen-bond acceptors (Lipinski definition) is 12. The topological polar surface area (TPSA) is 283 Å². The molecule has 0 aliphatic heterocycles. The normalized spacial score (nSPS) is 14.5. The molecule has 16 heteroatoms. The molecule has 0 saturated heterocycles. The Bertz CT molecular complexity index is 1330. The van der Waals surface area contributed by atoms with Crippen LogP contribution in [0.5, 0.6) is 0 Å². The number of carboxylic acid groups (broad SMARTS) is 2. The maximum absolute atomic E-state index is 11.7. The van der Waals surface area contributed by atoms with Crippen molar-refractivity contribution in [2.45, 2.75) is 129 Å². The first-order valence-electron chi connectivity index (χ1n) is 17.3. The molecule has 2 rings (SSSR count). The predicted octanol–water partition coefficient (Wildman–Crippen LogP) is 2.91. The first kappa shape index (κ1) is 47.6. The molecule has 0 radical (unpaired) electrons. The molecular formula is C36H60N6O10. The second-order valence-corrected chi connectivity index (χ2v) is 14.0. The number of hydrogen-bond donors (Lipinski definition) is 8. The van der Waals surface area contributed by atoms with E-state index in [0.29, 0.717) is 30.4 Å². The first-order valence-corrected chi connectivity index (χ1v) is 17.3. The van der Waals surface area contributed by atoms with Gasteiger partial charge in [0.2, 0.25) is 0 Å². The summed E-state index contributed by atoms with van der Waals surface area (Å²) >= 11 is 0.